The minimum Gasteiger partial charge on any atom is -0.487 e. The maximum atomic E-state index is 12.7. The van der Waals surface area contributed by atoms with Gasteiger partial charge in [0.1, 0.15) is 22.0 Å². The van der Waals surface area contributed by atoms with Crippen molar-refractivity contribution in [2.45, 2.75) is 132 Å². The molecule has 2 heterocycles. The van der Waals surface area contributed by atoms with Gasteiger partial charge in [-0.1, -0.05) is 72.6 Å². The van der Waals surface area contributed by atoms with Crippen molar-refractivity contribution in [3.05, 3.63) is 57.3 Å². The number of carbonyl (C=O) groups excluding carboxylic acids is 1. The Hall–Kier alpha value is -3.16. The van der Waals surface area contributed by atoms with Crippen LogP contribution in [0.4, 0.5) is 0 Å². The first-order chi connectivity index (χ1) is 20.2. The number of aromatic nitrogens is 1. The van der Waals surface area contributed by atoms with E-state index >= 15 is 0 Å². The Balaban J connectivity index is 0.00000151. The predicted molar refractivity (Wildman–Crippen MR) is 169 cm³/mol. The summed E-state index contributed by atoms with van der Waals surface area (Å²) in [7, 11) is 0. The number of pyridine rings is 1. The van der Waals surface area contributed by atoms with Gasteiger partial charge in [0.25, 0.3) is 0 Å². The van der Waals surface area contributed by atoms with Crippen molar-refractivity contribution in [2.24, 2.45) is 17.8 Å². The fourth-order valence-corrected chi connectivity index (χ4v) is 6.05. The van der Waals surface area contributed by atoms with Crippen LogP contribution in [0.15, 0.2) is 24.5 Å². The van der Waals surface area contributed by atoms with E-state index in [4.69, 9.17) is 24.8 Å². The van der Waals surface area contributed by atoms with E-state index in [9.17, 15) is 4.79 Å². The highest BCUT2D eigenvalue weighted by atomic mass is 16.9. The number of benzene rings is 1. The zero-order valence-corrected chi connectivity index (χ0v) is 27.7. The summed E-state index contributed by atoms with van der Waals surface area (Å²) in [6.45, 7) is 18.0. The fraction of sp³-hybridized carbons (Fsp3) is 0.657. The Morgan fingerprint density at radius 3 is 2.12 bits per heavy atom. The summed E-state index contributed by atoms with van der Waals surface area (Å²) in [4.78, 5) is 25.3. The van der Waals surface area contributed by atoms with Crippen molar-refractivity contribution in [3.63, 3.8) is 0 Å². The summed E-state index contributed by atoms with van der Waals surface area (Å²) >= 11 is 0. The van der Waals surface area contributed by atoms with Crippen LogP contribution < -0.4 is 9.47 Å². The van der Waals surface area contributed by atoms with E-state index in [0.717, 1.165) is 59.5 Å². The average molecular weight is 600 g/mol. The molecule has 240 valence electrons. The molecule has 1 aromatic carbocycles. The zero-order chi connectivity index (χ0) is 32.2. The normalized spacial score (nSPS) is 17.2. The Bertz CT molecular complexity index is 1180. The molecule has 0 amide bonds. The summed E-state index contributed by atoms with van der Waals surface area (Å²) in [6, 6.07) is 3.48. The standard InChI is InChI=1S/C35H53NO3.H2NO3/c1-24(2)13-9-14-25(3)15-10-16-26(4)17-11-20-35(8)21-19-31-29(7)32(27(5)28(6)33(31)39-35)38-34(37)30-18-12-22-36-23-30;2-1(3)4/h12,18,22-26H,9-11,13-17,19-21H2,1-8H3;(H2,2,3,4)/q;+1. The van der Waals surface area contributed by atoms with Gasteiger partial charge in [0, 0.05) is 18.0 Å². The number of rotatable bonds is 14. The molecule has 1 aliphatic rings. The molecule has 0 fully saturated rings. The van der Waals surface area contributed by atoms with Gasteiger partial charge in [0.2, 0.25) is 0 Å². The summed E-state index contributed by atoms with van der Waals surface area (Å²) in [6.07, 6.45) is 16.9. The first-order valence-electron chi connectivity index (χ1n) is 16.0. The second-order valence-electron chi connectivity index (χ2n) is 13.3. The van der Waals surface area contributed by atoms with E-state index in [1.54, 1.807) is 24.5 Å². The molecule has 3 atom stereocenters. The van der Waals surface area contributed by atoms with E-state index in [1.807, 2.05) is 6.92 Å². The second-order valence-corrected chi connectivity index (χ2v) is 13.3. The summed E-state index contributed by atoms with van der Waals surface area (Å²) in [5.41, 5.74) is 4.56. The maximum absolute atomic E-state index is 12.7. The van der Waals surface area contributed by atoms with Gasteiger partial charge in [-0.15, -0.1) is 0 Å². The van der Waals surface area contributed by atoms with Gasteiger partial charge >= 0.3 is 11.1 Å². The molecule has 3 rings (SSSR count). The SMILES string of the molecule is Cc1c(C)c2c(c(C)c1OC(=O)c1cccnc1)CCC(C)(CCCC(C)CCCC(C)CCCC(C)C)O2.O=[N+](O)O. The second kappa shape index (κ2) is 17.2. The van der Waals surface area contributed by atoms with Crippen LogP contribution in [0.2, 0.25) is 0 Å². The van der Waals surface area contributed by atoms with Crippen LogP contribution in [0, 0.1) is 43.4 Å². The fourth-order valence-electron chi connectivity index (χ4n) is 6.05. The first-order valence-corrected chi connectivity index (χ1v) is 16.0. The van der Waals surface area contributed by atoms with E-state index < -0.39 is 5.09 Å². The molecule has 8 heteroatoms. The van der Waals surface area contributed by atoms with Gasteiger partial charge in [-0.25, -0.2) is 15.2 Å². The monoisotopic (exact) mass is 599 g/mol. The van der Waals surface area contributed by atoms with Crippen molar-refractivity contribution in [3.8, 4) is 11.5 Å². The molecule has 43 heavy (non-hydrogen) atoms. The molecule has 2 aromatic rings. The van der Waals surface area contributed by atoms with Crippen LogP contribution in [0.5, 0.6) is 11.5 Å². The number of hydrogen-bond acceptors (Lipinski definition) is 5. The molecule has 0 saturated heterocycles. The average Bonchev–Trinajstić information content (AvgIpc) is 2.94. The predicted octanol–water partition coefficient (Wildman–Crippen LogP) is 9.29. The van der Waals surface area contributed by atoms with Crippen LogP contribution in [0.3, 0.4) is 0 Å². The number of carbonyl (C=O) groups is 1. The number of nitrogens with zero attached hydrogens (tertiary/aromatic N) is 2. The van der Waals surface area contributed by atoms with Crippen LogP contribution in [-0.4, -0.2) is 32.1 Å². The Morgan fingerprint density at radius 1 is 0.977 bits per heavy atom. The third kappa shape index (κ3) is 11.8. The molecule has 3 unspecified atom stereocenters. The van der Waals surface area contributed by atoms with E-state index in [1.165, 1.54) is 56.9 Å². The van der Waals surface area contributed by atoms with E-state index in [2.05, 4.69) is 53.5 Å². The van der Waals surface area contributed by atoms with Crippen molar-refractivity contribution in [1.82, 2.24) is 4.98 Å². The molecular weight excluding hydrogens is 544 g/mol. The molecule has 0 spiro atoms. The minimum absolute atomic E-state index is 0.144. The smallest absolute Gasteiger partial charge is 0.472 e. The molecule has 1 aromatic heterocycles. The highest BCUT2D eigenvalue weighted by Crippen LogP contribution is 2.45. The Kier molecular flexibility index (Phi) is 14.4. The highest BCUT2D eigenvalue weighted by molar-refractivity contribution is 5.91. The van der Waals surface area contributed by atoms with Crippen LogP contribution in [-0.2, 0) is 6.42 Å². The van der Waals surface area contributed by atoms with Crippen molar-refractivity contribution < 1.29 is 29.8 Å². The van der Waals surface area contributed by atoms with Crippen molar-refractivity contribution in [1.29, 1.82) is 0 Å². The zero-order valence-electron chi connectivity index (χ0n) is 27.7. The summed E-state index contributed by atoms with van der Waals surface area (Å²) < 4.78 is 12.6. The van der Waals surface area contributed by atoms with Crippen LogP contribution in [0.1, 0.15) is 131 Å². The lowest BCUT2D eigenvalue weighted by Crippen LogP contribution is -2.37. The molecular formula is C35H55N2O6+. The molecule has 0 radical (unpaired) electrons. The number of fused-ring (bicyclic) bond motifs is 1. The van der Waals surface area contributed by atoms with E-state index in [0.29, 0.717) is 11.3 Å². The van der Waals surface area contributed by atoms with Gasteiger partial charge in [0.15, 0.2) is 0 Å². The van der Waals surface area contributed by atoms with E-state index in [-0.39, 0.29) is 11.6 Å². The quantitative estimate of drug-likeness (QED) is 0.126. The molecule has 8 nitrogen and oxygen atoms in total. The first kappa shape index (κ1) is 36.0. The third-order valence-electron chi connectivity index (χ3n) is 8.93. The molecule has 0 bridgehead atoms. The van der Waals surface area contributed by atoms with Crippen molar-refractivity contribution >= 4 is 5.97 Å². The minimum atomic E-state index is -1.25. The molecule has 0 saturated carbocycles. The number of esters is 1. The summed E-state index contributed by atoms with van der Waals surface area (Å²) in [5.74, 6) is 3.76. The van der Waals surface area contributed by atoms with Gasteiger partial charge < -0.3 is 9.47 Å². The maximum Gasteiger partial charge on any atom is 0.472 e. The van der Waals surface area contributed by atoms with Crippen LogP contribution in [0.25, 0.3) is 0 Å². The Morgan fingerprint density at radius 2 is 1.56 bits per heavy atom. The van der Waals surface area contributed by atoms with Gasteiger partial charge in [-0.3, -0.25) is 4.98 Å². The summed E-state index contributed by atoms with van der Waals surface area (Å²) in [5, 5.41) is 12.5. The third-order valence-corrected chi connectivity index (χ3v) is 8.93. The highest BCUT2D eigenvalue weighted by Gasteiger charge is 2.35. The van der Waals surface area contributed by atoms with Gasteiger partial charge in [-0.2, -0.15) is 0 Å². The van der Waals surface area contributed by atoms with Gasteiger partial charge in [-0.05, 0) is 100.0 Å². The molecule has 1 aliphatic heterocycles. The van der Waals surface area contributed by atoms with Gasteiger partial charge in [0.05, 0.1) is 5.56 Å². The molecule has 2 N–H and O–H groups in total. The van der Waals surface area contributed by atoms with Crippen molar-refractivity contribution in [2.75, 3.05) is 0 Å². The van der Waals surface area contributed by atoms with Crippen LogP contribution >= 0.6 is 0 Å². The lowest BCUT2D eigenvalue weighted by atomic mass is 9.83. The Labute approximate surface area is 258 Å². The number of hydrogen-bond donors (Lipinski definition) is 2. The molecule has 0 aliphatic carbocycles. The largest absolute Gasteiger partial charge is 0.487 e. The lowest BCUT2D eigenvalue weighted by Gasteiger charge is -2.38. The topological polar surface area (TPSA) is 109 Å². The number of ether oxygens (including phenoxy) is 2. The lowest BCUT2D eigenvalue weighted by molar-refractivity contribution is -0.969.